The van der Waals surface area contributed by atoms with Gasteiger partial charge in [-0.05, 0) is 23.3 Å². The molecule has 0 N–H and O–H groups in total. The van der Waals surface area contributed by atoms with Crippen LogP contribution >= 0.6 is 0 Å². The monoisotopic (exact) mass is 385 g/mol. The lowest BCUT2D eigenvalue weighted by Crippen LogP contribution is -2.18. The van der Waals surface area contributed by atoms with Crippen LogP contribution < -0.4 is 10.2 Å². The molecule has 0 aliphatic rings. The minimum Gasteiger partial charge on any atom is -0.475 e. The zero-order valence-electron chi connectivity index (χ0n) is 15.6. The molecule has 0 aliphatic carbocycles. The topological polar surface area (TPSA) is 61.4 Å². The smallest absolute Gasteiger partial charge is 0.224 e. The molecule has 0 spiro atoms. The number of rotatable bonds is 7. The third-order valence-electron chi connectivity index (χ3n) is 4.60. The number of ether oxygens (including phenoxy) is 1. The number of furan rings is 1. The van der Waals surface area contributed by atoms with Crippen molar-refractivity contribution < 1.29 is 13.9 Å². The first-order valence-electron chi connectivity index (χ1n) is 9.23. The van der Waals surface area contributed by atoms with Crippen LogP contribution in [0.1, 0.15) is 33.5 Å². The Kier molecular flexibility index (Phi) is 5.38. The van der Waals surface area contributed by atoms with Crippen molar-refractivity contribution in [1.29, 1.82) is 0 Å². The molecule has 5 heteroatoms. The van der Waals surface area contributed by atoms with E-state index in [2.05, 4.69) is 0 Å². The van der Waals surface area contributed by atoms with E-state index in [9.17, 15) is 9.59 Å². The Hall–Kier alpha value is -3.86. The van der Waals surface area contributed by atoms with Crippen LogP contribution in [0.5, 0.6) is 5.75 Å². The molecule has 0 bridgehead atoms. The van der Waals surface area contributed by atoms with Crippen LogP contribution in [0.2, 0.25) is 0 Å². The summed E-state index contributed by atoms with van der Waals surface area (Å²) in [6, 6.07) is 24.3. The molecular weight excluding hydrogens is 366 g/mol. The number of pyridine rings is 1. The fraction of sp³-hybridized carbons (Fsp3) is 0.0833. The molecule has 4 aromatic rings. The van der Waals surface area contributed by atoms with Gasteiger partial charge in [0.2, 0.25) is 5.43 Å². The number of hydrogen-bond acceptors (Lipinski definition) is 4. The predicted octanol–water partition coefficient (Wildman–Crippen LogP) is 4.47. The highest BCUT2D eigenvalue weighted by Gasteiger charge is 2.18. The second-order valence-corrected chi connectivity index (χ2v) is 6.57. The van der Waals surface area contributed by atoms with Crippen LogP contribution in [0.15, 0.2) is 101 Å². The second kappa shape index (κ2) is 8.44. The summed E-state index contributed by atoms with van der Waals surface area (Å²) in [4.78, 5) is 24.1. The van der Waals surface area contributed by atoms with Crippen LogP contribution in [0.25, 0.3) is 0 Å². The molecule has 0 saturated carbocycles. The summed E-state index contributed by atoms with van der Waals surface area (Å²) < 4.78 is 13.2. The molecule has 4 rings (SSSR count). The van der Waals surface area contributed by atoms with Gasteiger partial charge in [0, 0.05) is 6.07 Å². The summed E-state index contributed by atoms with van der Waals surface area (Å²) in [5.41, 5.74) is 1.76. The summed E-state index contributed by atoms with van der Waals surface area (Å²) in [5.74, 6) is 0.838. The quantitative estimate of drug-likeness (QED) is 0.440. The first-order valence-corrected chi connectivity index (χ1v) is 9.23. The molecule has 0 radical (unpaired) electrons. The average Bonchev–Trinajstić information content (AvgIpc) is 3.28. The molecule has 29 heavy (non-hydrogen) atoms. The minimum atomic E-state index is -0.454. The maximum atomic E-state index is 12.6. The van der Waals surface area contributed by atoms with E-state index >= 15 is 0 Å². The Morgan fingerprint density at radius 2 is 1.59 bits per heavy atom. The summed E-state index contributed by atoms with van der Waals surface area (Å²) in [7, 11) is 0. The van der Waals surface area contributed by atoms with E-state index < -0.39 is 6.10 Å². The molecule has 2 aromatic heterocycles. The van der Waals surface area contributed by atoms with Gasteiger partial charge in [-0.2, -0.15) is 0 Å². The summed E-state index contributed by atoms with van der Waals surface area (Å²) in [6.45, 7) is 0.319. The molecule has 144 valence electrons. The van der Waals surface area contributed by atoms with Gasteiger partial charge >= 0.3 is 0 Å². The van der Waals surface area contributed by atoms with Gasteiger partial charge in [0.05, 0.1) is 24.7 Å². The van der Waals surface area contributed by atoms with Crippen molar-refractivity contribution in [3.8, 4) is 5.75 Å². The molecule has 5 nitrogen and oxygen atoms in total. The first-order chi connectivity index (χ1) is 14.2. The number of carbonyl (C=O) groups is 1. The summed E-state index contributed by atoms with van der Waals surface area (Å²) >= 11 is 0. The van der Waals surface area contributed by atoms with E-state index in [0.29, 0.717) is 18.6 Å². The number of benzene rings is 2. The fourth-order valence-corrected chi connectivity index (χ4v) is 3.18. The SMILES string of the molecule is O=Cc1cc(=O)c(OC(c2ccccc2)c2ccccc2)cn1Cc1ccco1. The standard InChI is InChI=1S/C24H19NO4/c26-17-20-14-22(27)23(16-25(20)15-21-12-7-13-28-21)29-24(18-8-3-1-4-9-18)19-10-5-2-6-11-19/h1-14,16-17,24H,15H2. The van der Waals surface area contributed by atoms with Gasteiger partial charge in [0.15, 0.2) is 12.0 Å². The van der Waals surface area contributed by atoms with E-state index in [-0.39, 0.29) is 16.9 Å². The van der Waals surface area contributed by atoms with Gasteiger partial charge in [0.25, 0.3) is 0 Å². The van der Waals surface area contributed by atoms with Gasteiger partial charge in [-0.1, -0.05) is 60.7 Å². The van der Waals surface area contributed by atoms with Gasteiger partial charge < -0.3 is 13.7 Å². The maximum absolute atomic E-state index is 12.6. The second-order valence-electron chi connectivity index (χ2n) is 6.57. The molecule has 2 heterocycles. The molecule has 0 saturated heterocycles. The lowest BCUT2D eigenvalue weighted by Gasteiger charge is -2.21. The Morgan fingerprint density at radius 3 is 2.14 bits per heavy atom. The fourth-order valence-electron chi connectivity index (χ4n) is 3.18. The van der Waals surface area contributed by atoms with E-state index in [1.807, 2.05) is 66.7 Å². The normalized spacial score (nSPS) is 10.8. The number of aromatic nitrogens is 1. The number of aldehydes is 1. The molecule has 2 aromatic carbocycles. The molecule has 0 aliphatic heterocycles. The van der Waals surface area contributed by atoms with Crippen molar-refractivity contribution in [2.75, 3.05) is 0 Å². The van der Waals surface area contributed by atoms with Crippen LogP contribution in [-0.2, 0) is 6.54 Å². The zero-order chi connectivity index (χ0) is 20.1. The lowest BCUT2D eigenvalue weighted by molar-refractivity contribution is 0.111. The third kappa shape index (κ3) is 4.19. The Balaban J connectivity index is 1.74. The number of carbonyl (C=O) groups excluding carboxylic acids is 1. The first kappa shape index (κ1) is 18.5. The van der Waals surface area contributed by atoms with Crippen molar-refractivity contribution in [3.05, 3.63) is 124 Å². The Labute approximate surface area is 167 Å². The molecule has 0 atom stereocenters. The highest BCUT2D eigenvalue weighted by Crippen LogP contribution is 2.27. The van der Waals surface area contributed by atoms with Crippen molar-refractivity contribution in [2.24, 2.45) is 0 Å². The van der Waals surface area contributed by atoms with Crippen LogP contribution in [0.3, 0.4) is 0 Å². The zero-order valence-corrected chi connectivity index (χ0v) is 15.6. The van der Waals surface area contributed by atoms with Gasteiger partial charge in [-0.15, -0.1) is 0 Å². The predicted molar refractivity (Wildman–Crippen MR) is 109 cm³/mol. The molecule has 0 fully saturated rings. The highest BCUT2D eigenvalue weighted by atomic mass is 16.5. The van der Waals surface area contributed by atoms with Gasteiger partial charge in [-0.3, -0.25) is 9.59 Å². The third-order valence-corrected chi connectivity index (χ3v) is 4.60. The Morgan fingerprint density at radius 1 is 0.931 bits per heavy atom. The van der Waals surface area contributed by atoms with Crippen LogP contribution in [0.4, 0.5) is 0 Å². The number of hydrogen-bond donors (Lipinski definition) is 0. The van der Waals surface area contributed by atoms with E-state index in [1.54, 1.807) is 23.1 Å². The van der Waals surface area contributed by atoms with Gasteiger partial charge in [-0.25, -0.2) is 0 Å². The van der Waals surface area contributed by atoms with Crippen molar-refractivity contribution in [1.82, 2.24) is 4.57 Å². The van der Waals surface area contributed by atoms with E-state index in [1.165, 1.54) is 6.07 Å². The van der Waals surface area contributed by atoms with Crippen LogP contribution in [-0.4, -0.2) is 10.9 Å². The molecule has 0 unspecified atom stereocenters. The van der Waals surface area contributed by atoms with Crippen molar-refractivity contribution in [2.45, 2.75) is 12.6 Å². The summed E-state index contributed by atoms with van der Waals surface area (Å²) in [5, 5.41) is 0. The maximum Gasteiger partial charge on any atom is 0.224 e. The average molecular weight is 385 g/mol. The highest BCUT2D eigenvalue weighted by molar-refractivity contribution is 5.72. The lowest BCUT2D eigenvalue weighted by atomic mass is 10.0. The van der Waals surface area contributed by atoms with Crippen molar-refractivity contribution in [3.63, 3.8) is 0 Å². The van der Waals surface area contributed by atoms with E-state index in [0.717, 1.165) is 11.1 Å². The largest absolute Gasteiger partial charge is 0.475 e. The Bertz CT molecular complexity index is 1090. The van der Waals surface area contributed by atoms with Crippen molar-refractivity contribution >= 4 is 6.29 Å². The number of nitrogens with zero attached hydrogens (tertiary/aromatic N) is 1. The van der Waals surface area contributed by atoms with Crippen LogP contribution in [0, 0.1) is 0 Å². The molecular formula is C24H19NO4. The molecule has 0 amide bonds. The van der Waals surface area contributed by atoms with Gasteiger partial charge in [0.1, 0.15) is 11.9 Å². The minimum absolute atomic E-state index is 0.167. The summed E-state index contributed by atoms with van der Waals surface area (Å²) in [6.07, 6.45) is 3.33. The van der Waals surface area contributed by atoms with E-state index in [4.69, 9.17) is 9.15 Å².